The van der Waals surface area contributed by atoms with Gasteiger partial charge in [0.25, 0.3) is 0 Å². The summed E-state index contributed by atoms with van der Waals surface area (Å²) in [6, 6.07) is 16.9. The van der Waals surface area contributed by atoms with Gasteiger partial charge in [-0.15, -0.1) is 22.0 Å². The van der Waals surface area contributed by atoms with E-state index in [1.165, 1.54) is 16.7 Å². The minimum Gasteiger partial charge on any atom is -0.226 e. The first-order valence-electron chi connectivity index (χ1n) is 9.25. The summed E-state index contributed by atoms with van der Waals surface area (Å²) in [7, 11) is 0. The Bertz CT molecular complexity index is 1060. The van der Waals surface area contributed by atoms with Crippen molar-refractivity contribution >= 4 is 11.8 Å². The van der Waals surface area contributed by atoms with Crippen molar-refractivity contribution in [1.82, 2.24) is 30.0 Å². The van der Waals surface area contributed by atoms with Crippen LogP contribution in [0.2, 0.25) is 0 Å². The molecule has 0 aliphatic carbocycles. The molecule has 0 N–H and O–H groups in total. The predicted octanol–water partition coefficient (Wildman–Crippen LogP) is 4.45. The lowest BCUT2D eigenvalue weighted by Gasteiger charge is -2.10. The molecule has 0 amide bonds. The van der Waals surface area contributed by atoms with Crippen LogP contribution in [0.25, 0.3) is 17.1 Å². The highest BCUT2D eigenvalue weighted by Crippen LogP contribution is 2.33. The zero-order valence-corrected chi connectivity index (χ0v) is 17.0. The molecule has 0 aliphatic heterocycles. The number of tetrazole rings is 1. The van der Waals surface area contributed by atoms with Crippen LogP contribution in [0.4, 0.5) is 0 Å². The summed E-state index contributed by atoms with van der Waals surface area (Å²) in [5.74, 6) is 1.44. The van der Waals surface area contributed by atoms with Gasteiger partial charge in [0, 0.05) is 5.75 Å². The van der Waals surface area contributed by atoms with Crippen LogP contribution >= 0.6 is 11.8 Å². The van der Waals surface area contributed by atoms with Crippen molar-refractivity contribution in [3.8, 4) is 17.1 Å². The van der Waals surface area contributed by atoms with E-state index in [9.17, 15) is 0 Å². The standard InChI is InChI=1S/C21H22N6S/c1-4-26-24-20(23-25-26)19-13-22-27(18-11-15(2)10-16(3)12-18)21(19)28-14-17-8-6-5-7-9-17/h5-13H,4,14H2,1-3H3. The van der Waals surface area contributed by atoms with Crippen molar-refractivity contribution in [2.45, 2.75) is 38.1 Å². The van der Waals surface area contributed by atoms with Gasteiger partial charge in [-0.05, 0) is 54.8 Å². The molecule has 0 radical (unpaired) electrons. The molecule has 0 spiro atoms. The lowest BCUT2D eigenvalue weighted by atomic mass is 10.1. The van der Waals surface area contributed by atoms with Gasteiger partial charge in [0.1, 0.15) is 5.03 Å². The number of hydrogen-bond acceptors (Lipinski definition) is 5. The highest BCUT2D eigenvalue weighted by atomic mass is 32.2. The van der Waals surface area contributed by atoms with Gasteiger partial charge in [-0.25, -0.2) is 4.68 Å². The fourth-order valence-corrected chi connectivity index (χ4v) is 4.17. The molecule has 0 fully saturated rings. The summed E-state index contributed by atoms with van der Waals surface area (Å²) >= 11 is 1.74. The molecule has 0 saturated carbocycles. The first-order chi connectivity index (χ1) is 13.6. The maximum atomic E-state index is 4.67. The average molecular weight is 391 g/mol. The molecule has 4 aromatic rings. The van der Waals surface area contributed by atoms with E-state index in [4.69, 9.17) is 0 Å². The van der Waals surface area contributed by atoms with Crippen molar-refractivity contribution in [2.75, 3.05) is 0 Å². The third kappa shape index (κ3) is 3.84. The second-order valence-electron chi connectivity index (χ2n) is 6.70. The average Bonchev–Trinajstić information content (AvgIpc) is 3.33. The molecule has 2 aromatic heterocycles. The monoisotopic (exact) mass is 390 g/mol. The van der Waals surface area contributed by atoms with E-state index in [1.807, 2.05) is 23.9 Å². The van der Waals surface area contributed by atoms with Gasteiger partial charge in [0.05, 0.1) is 24.0 Å². The summed E-state index contributed by atoms with van der Waals surface area (Å²) in [5, 5.41) is 18.5. The summed E-state index contributed by atoms with van der Waals surface area (Å²) in [4.78, 5) is 1.59. The normalized spacial score (nSPS) is 11.1. The molecule has 7 heteroatoms. The summed E-state index contributed by atoms with van der Waals surface area (Å²) in [6.07, 6.45) is 1.84. The maximum absolute atomic E-state index is 4.67. The highest BCUT2D eigenvalue weighted by Gasteiger charge is 2.19. The lowest BCUT2D eigenvalue weighted by molar-refractivity contribution is 0.552. The number of aromatic nitrogens is 6. The Hall–Kier alpha value is -2.93. The van der Waals surface area contributed by atoms with Gasteiger partial charge in [-0.2, -0.15) is 9.90 Å². The molecular weight excluding hydrogens is 368 g/mol. The Morgan fingerprint density at radius 1 is 1.00 bits per heavy atom. The van der Waals surface area contributed by atoms with Crippen LogP contribution in [0, 0.1) is 13.8 Å². The van der Waals surface area contributed by atoms with Crippen LogP contribution in [0.5, 0.6) is 0 Å². The SMILES string of the molecule is CCn1nnc(-c2cnn(-c3cc(C)cc(C)c3)c2SCc2ccccc2)n1. The van der Waals surface area contributed by atoms with Crippen LogP contribution in [-0.2, 0) is 12.3 Å². The van der Waals surface area contributed by atoms with Gasteiger partial charge in [0.2, 0.25) is 5.82 Å². The Morgan fingerprint density at radius 2 is 1.75 bits per heavy atom. The summed E-state index contributed by atoms with van der Waals surface area (Å²) in [6.45, 7) is 6.89. The van der Waals surface area contributed by atoms with Crippen LogP contribution in [0.15, 0.2) is 59.8 Å². The van der Waals surface area contributed by atoms with E-state index in [2.05, 4.69) is 76.8 Å². The van der Waals surface area contributed by atoms with E-state index < -0.39 is 0 Å². The first-order valence-corrected chi connectivity index (χ1v) is 10.2. The number of benzene rings is 2. The van der Waals surface area contributed by atoms with E-state index >= 15 is 0 Å². The van der Waals surface area contributed by atoms with E-state index in [1.54, 1.807) is 16.6 Å². The third-order valence-corrected chi connectivity index (χ3v) is 5.52. The number of aryl methyl sites for hydroxylation is 3. The molecule has 6 nitrogen and oxygen atoms in total. The van der Waals surface area contributed by atoms with Gasteiger partial charge in [-0.1, -0.05) is 36.4 Å². The second kappa shape index (κ2) is 7.98. The Kier molecular flexibility index (Phi) is 5.25. The van der Waals surface area contributed by atoms with Crippen molar-refractivity contribution in [3.63, 3.8) is 0 Å². The summed E-state index contributed by atoms with van der Waals surface area (Å²) < 4.78 is 1.98. The van der Waals surface area contributed by atoms with Crippen molar-refractivity contribution < 1.29 is 0 Å². The van der Waals surface area contributed by atoms with E-state index in [0.29, 0.717) is 12.4 Å². The van der Waals surface area contributed by atoms with Gasteiger partial charge in [0.15, 0.2) is 0 Å². The fourth-order valence-electron chi connectivity index (χ4n) is 3.10. The van der Waals surface area contributed by atoms with Crippen LogP contribution in [0.1, 0.15) is 23.6 Å². The van der Waals surface area contributed by atoms with Crippen LogP contribution in [0.3, 0.4) is 0 Å². The molecule has 142 valence electrons. The van der Waals surface area contributed by atoms with Crippen molar-refractivity contribution in [2.24, 2.45) is 0 Å². The Morgan fingerprint density at radius 3 is 2.43 bits per heavy atom. The molecule has 0 aliphatic rings. The van der Waals surface area contributed by atoms with Gasteiger partial charge < -0.3 is 0 Å². The minimum atomic E-state index is 0.605. The Balaban J connectivity index is 1.77. The third-order valence-electron chi connectivity index (χ3n) is 4.37. The molecule has 0 bridgehead atoms. The molecule has 0 unspecified atom stereocenters. The number of hydrogen-bond donors (Lipinski definition) is 0. The van der Waals surface area contributed by atoms with E-state index in [0.717, 1.165) is 22.0 Å². The largest absolute Gasteiger partial charge is 0.226 e. The first kappa shape index (κ1) is 18.4. The maximum Gasteiger partial charge on any atom is 0.209 e. The zero-order valence-electron chi connectivity index (χ0n) is 16.2. The minimum absolute atomic E-state index is 0.605. The molecule has 4 rings (SSSR count). The predicted molar refractivity (Wildman–Crippen MR) is 112 cm³/mol. The zero-order chi connectivity index (χ0) is 19.5. The quantitative estimate of drug-likeness (QED) is 0.455. The molecule has 2 heterocycles. The highest BCUT2D eigenvalue weighted by molar-refractivity contribution is 7.98. The van der Waals surface area contributed by atoms with Gasteiger partial charge in [-0.3, -0.25) is 0 Å². The van der Waals surface area contributed by atoms with Gasteiger partial charge >= 0.3 is 0 Å². The lowest BCUT2D eigenvalue weighted by Crippen LogP contribution is -2.00. The number of nitrogens with zero attached hydrogens (tertiary/aromatic N) is 6. The molecule has 0 atom stereocenters. The molecule has 28 heavy (non-hydrogen) atoms. The van der Waals surface area contributed by atoms with Crippen molar-refractivity contribution in [1.29, 1.82) is 0 Å². The molecule has 0 saturated heterocycles. The molecular formula is C21H22N6S. The van der Waals surface area contributed by atoms with Crippen molar-refractivity contribution in [3.05, 3.63) is 71.4 Å². The Labute approximate surface area is 168 Å². The number of thioether (sulfide) groups is 1. The number of rotatable bonds is 6. The topological polar surface area (TPSA) is 61.4 Å². The summed E-state index contributed by atoms with van der Waals surface area (Å²) in [5.41, 5.74) is 5.63. The van der Waals surface area contributed by atoms with Crippen LogP contribution < -0.4 is 0 Å². The fraction of sp³-hybridized carbons (Fsp3) is 0.238. The van der Waals surface area contributed by atoms with E-state index in [-0.39, 0.29) is 0 Å². The molecule has 2 aromatic carbocycles. The van der Waals surface area contributed by atoms with Crippen LogP contribution in [-0.4, -0.2) is 30.0 Å². The second-order valence-corrected chi connectivity index (χ2v) is 7.66. The smallest absolute Gasteiger partial charge is 0.209 e.